The molecule has 0 amide bonds. The van der Waals surface area contributed by atoms with E-state index >= 15 is 0 Å². The number of nitrogens with two attached hydrogens (primary N) is 1. The minimum absolute atomic E-state index is 0.0567. The molecule has 3 aromatic carbocycles. The van der Waals surface area contributed by atoms with Gasteiger partial charge in [0.25, 0.3) is 0 Å². The minimum atomic E-state index is -4.12. The van der Waals surface area contributed by atoms with E-state index in [1.165, 1.54) is 25.3 Å². The van der Waals surface area contributed by atoms with Crippen LogP contribution in [0.1, 0.15) is 24.0 Å². The van der Waals surface area contributed by atoms with E-state index in [0.29, 0.717) is 16.9 Å². The SMILES string of the molecule is COc1ccc(C(C)c2c(-c3ccccc3)ccc(F)c2F)c(S(N)(=O)=O)c1. The number of ether oxygens (including phenoxy) is 1. The third-order valence-corrected chi connectivity index (χ3v) is 5.61. The van der Waals surface area contributed by atoms with Crippen molar-refractivity contribution >= 4 is 10.0 Å². The number of benzene rings is 3. The summed E-state index contributed by atoms with van der Waals surface area (Å²) >= 11 is 0. The predicted molar refractivity (Wildman–Crippen MR) is 104 cm³/mol. The molecule has 0 fully saturated rings. The lowest BCUT2D eigenvalue weighted by atomic mass is 9.86. The molecule has 28 heavy (non-hydrogen) atoms. The van der Waals surface area contributed by atoms with Gasteiger partial charge in [0, 0.05) is 17.5 Å². The Balaban J connectivity index is 2.27. The van der Waals surface area contributed by atoms with Gasteiger partial charge in [-0.25, -0.2) is 22.3 Å². The average molecular weight is 403 g/mol. The molecule has 1 unspecified atom stereocenters. The molecule has 0 bridgehead atoms. The van der Waals surface area contributed by atoms with Gasteiger partial charge in [-0.1, -0.05) is 49.4 Å². The Kier molecular flexibility index (Phi) is 5.49. The van der Waals surface area contributed by atoms with Crippen molar-refractivity contribution in [1.82, 2.24) is 0 Å². The fraction of sp³-hybridized carbons (Fsp3) is 0.143. The van der Waals surface area contributed by atoms with E-state index < -0.39 is 27.6 Å². The van der Waals surface area contributed by atoms with Gasteiger partial charge in [-0.15, -0.1) is 0 Å². The third kappa shape index (κ3) is 3.76. The zero-order chi connectivity index (χ0) is 20.5. The second-order valence-electron chi connectivity index (χ2n) is 6.36. The van der Waals surface area contributed by atoms with Crippen molar-refractivity contribution in [3.8, 4) is 16.9 Å². The van der Waals surface area contributed by atoms with Crippen molar-refractivity contribution in [2.45, 2.75) is 17.7 Å². The molecule has 146 valence electrons. The average Bonchev–Trinajstić information content (AvgIpc) is 2.69. The smallest absolute Gasteiger partial charge is 0.238 e. The number of methoxy groups -OCH3 is 1. The zero-order valence-corrected chi connectivity index (χ0v) is 16.1. The van der Waals surface area contributed by atoms with Gasteiger partial charge in [-0.2, -0.15) is 0 Å². The summed E-state index contributed by atoms with van der Waals surface area (Å²) in [4.78, 5) is -0.193. The predicted octanol–water partition coefficient (Wildman–Crippen LogP) is 4.44. The molecule has 0 saturated carbocycles. The number of halogens is 2. The molecule has 0 aliphatic carbocycles. The van der Waals surface area contributed by atoms with E-state index in [1.807, 2.05) is 6.07 Å². The van der Waals surface area contributed by atoms with Crippen molar-refractivity contribution in [3.63, 3.8) is 0 Å². The molecule has 3 rings (SSSR count). The van der Waals surface area contributed by atoms with Gasteiger partial charge < -0.3 is 4.74 Å². The van der Waals surface area contributed by atoms with Gasteiger partial charge in [0.1, 0.15) is 5.75 Å². The number of primary sulfonamides is 1. The molecule has 2 N–H and O–H groups in total. The highest BCUT2D eigenvalue weighted by molar-refractivity contribution is 7.89. The van der Waals surface area contributed by atoms with Crippen LogP contribution in [0.3, 0.4) is 0 Å². The van der Waals surface area contributed by atoms with Crippen LogP contribution < -0.4 is 9.88 Å². The summed E-state index contributed by atoms with van der Waals surface area (Å²) in [5.41, 5.74) is 1.48. The lowest BCUT2D eigenvalue weighted by Gasteiger charge is -2.21. The molecule has 0 heterocycles. The first kappa shape index (κ1) is 20.0. The Morgan fingerprint density at radius 2 is 1.68 bits per heavy atom. The van der Waals surface area contributed by atoms with Crippen LogP contribution >= 0.6 is 0 Å². The van der Waals surface area contributed by atoms with Crippen LogP contribution in [0.5, 0.6) is 5.75 Å². The quantitative estimate of drug-likeness (QED) is 0.685. The second-order valence-corrected chi connectivity index (χ2v) is 7.89. The van der Waals surface area contributed by atoms with E-state index in [9.17, 15) is 17.2 Å². The minimum Gasteiger partial charge on any atom is -0.497 e. The molecule has 1 atom stereocenters. The zero-order valence-electron chi connectivity index (χ0n) is 15.3. The van der Waals surface area contributed by atoms with Crippen LogP contribution in [0.15, 0.2) is 65.6 Å². The van der Waals surface area contributed by atoms with Crippen LogP contribution in [0.25, 0.3) is 11.1 Å². The first-order chi connectivity index (χ1) is 13.2. The summed E-state index contributed by atoms with van der Waals surface area (Å²) in [5, 5.41) is 5.36. The molecule has 0 radical (unpaired) electrons. The Bertz CT molecular complexity index is 1120. The Morgan fingerprint density at radius 1 is 1.00 bits per heavy atom. The molecule has 3 aromatic rings. The van der Waals surface area contributed by atoms with E-state index in [1.54, 1.807) is 37.3 Å². The van der Waals surface area contributed by atoms with Gasteiger partial charge in [0.2, 0.25) is 10.0 Å². The monoisotopic (exact) mass is 403 g/mol. The van der Waals surface area contributed by atoms with Crippen molar-refractivity contribution in [2.24, 2.45) is 5.14 Å². The van der Waals surface area contributed by atoms with Crippen LogP contribution in [0, 0.1) is 11.6 Å². The highest BCUT2D eigenvalue weighted by Gasteiger charge is 2.26. The fourth-order valence-electron chi connectivity index (χ4n) is 3.26. The number of hydrogen-bond acceptors (Lipinski definition) is 3. The second kappa shape index (κ2) is 7.69. The van der Waals surface area contributed by atoms with Gasteiger partial charge >= 0.3 is 0 Å². The van der Waals surface area contributed by atoms with E-state index in [4.69, 9.17) is 9.88 Å². The maximum absolute atomic E-state index is 14.9. The number of hydrogen-bond donors (Lipinski definition) is 1. The van der Waals surface area contributed by atoms with Crippen molar-refractivity contribution in [1.29, 1.82) is 0 Å². The number of rotatable bonds is 5. The first-order valence-electron chi connectivity index (χ1n) is 8.48. The van der Waals surface area contributed by atoms with E-state index in [0.717, 1.165) is 6.07 Å². The standard InChI is InChI=1S/C21H19F2NO3S/c1-13(16-9-8-15(27-2)12-19(16)28(24,25)26)20-17(10-11-18(22)21(20)23)14-6-4-3-5-7-14/h3-13H,1-2H3,(H2,24,25,26). The third-order valence-electron chi connectivity index (χ3n) is 4.64. The molecule has 0 aliphatic heterocycles. The van der Waals surface area contributed by atoms with Crippen LogP contribution in [0.2, 0.25) is 0 Å². The normalized spacial score (nSPS) is 12.6. The molecule has 0 spiro atoms. The van der Waals surface area contributed by atoms with Crippen molar-refractivity contribution in [3.05, 3.63) is 83.4 Å². The van der Waals surface area contributed by atoms with Crippen LogP contribution in [0.4, 0.5) is 8.78 Å². The highest BCUT2D eigenvalue weighted by Crippen LogP contribution is 2.38. The summed E-state index contributed by atoms with van der Waals surface area (Å²) in [5.74, 6) is -2.52. The summed E-state index contributed by atoms with van der Waals surface area (Å²) in [6, 6.07) is 15.8. The lowest BCUT2D eigenvalue weighted by Crippen LogP contribution is -2.17. The Morgan fingerprint density at radius 3 is 2.29 bits per heavy atom. The summed E-state index contributed by atoms with van der Waals surface area (Å²) < 4.78 is 58.3. The van der Waals surface area contributed by atoms with E-state index in [2.05, 4.69) is 0 Å². The van der Waals surface area contributed by atoms with Gasteiger partial charge in [-0.05, 0) is 28.8 Å². The number of sulfonamides is 1. The molecule has 7 heteroatoms. The Hall–Kier alpha value is -2.77. The Labute approximate surface area is 162 Å². The summed E-state index contributed by atoms with van der Waals surface area (Å²) in [6.45, 7) is 1.61. The molecule has 0 saturated heterocycles. The van der Waals surface area contributed by atoms with E-state index in [-0.39, 0.29) is 16.0 Å². The van der Waals surface area contributed by atoms with Crippen molar-refractivity contribution in [2.75, 3.05) is 7.11 Å². The molecule has 4 nitrogen and oxygen atoms in total. The highest BCUT2D eigenvalue weighted by atomic mass is 32.2. The van der Waals surface area contributed by atoms with Crippen LogP contribution in [-0.4, -0.2) is 15.5 Å². The molecular weight excluding hydrogens is 384 g/mol. The topological polar surface area (TPSA) is 69.4 Å². The van der Waals surface area contributed by atoms with Gasteiger partial charge in [0.15, 0.2) is 11.6 Å². The van der Waals surface area contributed by atoms with Gasteiger partial charge in [0.05, 0.1) is 12.0 Å². The summed E-state index contributed by atoms with van der Waals surface area (Å²) in [6.07, 6.45) is 0. The summed E-state index contributed by atoms with van der Waals surface area (Å²) in [7, 11) is -2.72. The lowest BCUT2D eigenvalue weighted by molar-refractivity contribution is 0.413. The maximum Gasteiger partial charge on any atom is 0.238 e. The molecule has 0 aromatic heterocycles. The largest absolute Gasteiger partial charge is 0.497 e. The first-order valence-corrected chi connectivity index (χ1v) is 10.0. The maximum atomic E-state index is 14.9. The fourth-order valence-corrected chi connectivity index (χ4v) is 4.11. The molecule has 0 aliphatic rings. The van der Waals surface area contributed by atoms with Crippen LogP contribution in [-0.2, 0) is 10.0 Å². The van der Waals surface area contributed by atoms with Gasteiger partial charge in [-0.3, -0.25) is 0 Å². The van der Waals surface area contributed by atoms with Crippen molar-refractivity contribution < 1.29 is 21.9 Å². The molecular formula is C21H19F2NO3S.